The summed E-state index contributed by atoms with van der Waals surface area (Å²) in [6.07, 6.45) is 1.08. The fraction of sp³-hybridized carbons (Fsp3) is 0.727. The van der Waals surface area contributed by atoms with Crippen molar-refractivity contribution in [3.8, 4) is 0 Å². The molecule has 1 unspecified atom stereocenters. The monoisotopic (exact) mass is 225 g/mol. The number of hydrogen-bond acceptors (Lipinski definition) is 4. The molecule has 92 valence electrons. The standard InChI is InChI=1S/C11H23N5/c1-8(6-7-15(3)4)13-11-10(12)9(2)14-16(11)5/h8,13H,6-7,12H2,1-5H3. The van der Waals surface area contributed by atoms with Crippen molar-refractivity contribution in [3.05, 3.63) is 5.69 Å². The van der Waals surface area contributed by atoms with Crippen molar-refractivity contribution in [3.63, 3.8) is 0 Å². The zero-order chi connectivity index (χ0) is 12.3. The van der Waals surface area contributed by atoms with E-state index in [9.17, 15) is 0 Å². The highest BCUT2D eigenvalue weighted by Gasteiger charge is 2.12. The third kappa shape index (κ3) is 3.13. The maximum absolute atomic E-state index is 5.95. The van der Waals surface area contributed by atoms with E-state index in [1.807, 2.05) is 14.0 Å². The Morgan fingerprint density at radius 3 is 2.56 bits per heavy atom. The van der Waals surface area contributed by atoms with Crippen molar-refractivity contribution < 1.29 is 0 Å². The lowest BCUT2D eigenvalue weighted by atomic mass is 10.2. The van der Waals surface area contributed by atoms with Gasteiger partial charge in [-0.2, -0.15) is 5.10 Å². The molecule has 0 fully saturated rings. The molecule has 5 nitrogen and oxygen atoms in total. The van der Waals surface area contributed by atoms with Crippen LogP contribution in [0.2, 0.25) is 0 Å². The van der Waals surface area contributed by atoms with Crippen LogP contribution in [0.15, 0.2) is 0 Å². The zero-order valence-electron chi connectivity index (χ0n) is 10.9. The first-order chi connectivity index (χ1) is 7.41. The van der Waals surface area contributed by atoms with E-state index < -0.39 is 0 Å². The minimum Gasteiger partial charge on any atom is -0.394 e. The van der Waals surface area contributed by atoms with Gasteiger partial charge in [0.05, 0.1) is 11.4 Å². The van der Waals surface area contributed by atoms with Gasteiger partial charge in [0.15, 0.2) is 0 Å². The highest BCUT2D eigenvalue weighted by molar-refractivity contribution is 5.64. The number of nitrogens with zero attached hydrogens (tertiary/aromatic N) is 3. The van der Waals surface area contributed by atoms with Gasteiger partial charge in [-0.1, -0.05) is 0 Å². The van der Waals surface area contributed by atoms with Crippen LogP contribution in [0.3, 0.4) is 0 Å². The predicted octanol–water partition coefficient (Wildman–Crippen LogP) is 1.06. The van der Waals surface area contributed by atoms with E-state index in [0.29, 0.717) is 6.04 Å². The molecule has 0 aliphatic heterocycles. The summed E-state index contributed by atoms with van der Waals surface area (Å²) in [6, 6.07) is 0.388. The minimum atomic E-state index is 0.388. The van der Waals surface area contributed by atoms with E-state index >= 15 is 0 Å². The van der Waals surface area contributed by atoms with Crippen molar-refractivity contribution in [1.82, 2.24) is 14.7 Å². The van der Waals surface area contributed by atoms with Crippen LogP contribution in [0.4, 0.5) is 11.5 Å². The van der Waals surface area contributed by atoms with E-state index in [4.69, 9.17) is 5.73 Å². The van der Waals surface area contributed by atoms with Crippen molar-refractivity contribution in [2.45, 2.75) is 26.3 Å². The Bertz CT molecular complexity index is 342. The molecule has 1 rings (SSSR count). The van der Waals surface area contributed by atoms with Crippen LogP contribution in [-0.2, 0) is 7.05 Å². The summed E-state index contributed by atoms with van der Waals surface area (Å²) in [5.74, 6) is 0.920. The molecular formula is C11H23N5. The van der Waals surface area contributed by atoms with Crippen molar-refractivity contribution in [2.24, 2.45) is 7.05 Å². The molecule has 16 heavy (non-hydrogen) atoms. The second-order valence-electron chi connectivity index (χ2n) is 4.61. The largest absolute Gasteiger partial charge is 0.394 e. The van der Waals surface area contributed by atoms with Crippen LogP contribution in [0.25, 0.3) is 0 Å². The summed E-state index contributed by atoms with van der Waals surface area (Å²) < 4.78 is 1.80. The molecule has 0 spiro atoms. The van der Waals surface area contributed by atoms with E-state index in [0.717, 1.165) is 30.2 Å². The quantitative estimate of drug-likeness (QED) is 0.787. The van der Waals surface area contributed by atoms with Crippen LogP contribution in [0, 0.1) is 6.92 Å². The summed E-state index contributed by atoms with van der Waals surface area (Å²) in [5.41, 5.74) is 7.58. The summed E-state index contributed by atoms with van der Waals surface area (Å²) in [5, 5.41) is 7.68. The lowest BCUT2D eigenvalue weighted by Crippen LogP contribution is -2.24. The second-order valence-corrected chi connectivity index (χ2v) is 4.61. The highest BCUT2D eigenvalue weighted by Crippen LogP contribution is 2.21. The second kappa shape index (κ2) is 5.21. The fourth-order valence-corrected chi connectivity index (χ4v) is 1.60. The topological polar surface area (TPSA) is 59.1 Å². The number of nitrogens with two attached hydrogens (primary N) is 1. The molecule has 0 saturated heterocycles. The summed E-state index contributed by atoms with van der Waals surface area (Å²) >= 11 is 0. The SMILES string of the molecule is Cc1nn(C)c(NC(C)CCN(C)C)c1N. The summed E-state index contributed by atoms with van der Waals surface area (Å²) in [4.78, 5) is 2.18. The normalized spacial score (nSPS) is 13.1. The Kier molecular flexibility index (Phi) is 4.18. The molecule has 0 aromatic carbocycles. The number of rotatable bonds is 5. The van der Waals surface area contributed by atoms with Crippen molar-refractivity contribution >= 4 is 11.5 Å². The number of nitrogens with one attached hydrogen (secondary N) is 1. The van der Waals surface area contributed by atoms with E-state index in [1.54, 1.807) is 4.68 Å². The Labute approximate surface area is 97.6 Å². The molecule has 0 radical (unpaired) electrons. The lowest BCUT2D eigenvalue weighted by Gasteiger charge is -2.18. The maximum atomic E-state index is 5.95. The number of aryl methyl sites for hydroxylation is 2. The Morgan fingerprint density at radius 1 is 1.50 bits per heavy atom. The van der Waals surface area contributed by atoms with E-state index in [1.165, 1.54) is 0 Å². The first-order valence-electron chi connectivity index (χ1n) is 5.62. The molecule has 0 bridgehead atoms. The molecule has 1 aromatic heterocycles. The van der Waals surface area contributed by atoms with Crippen LogP contribution < -0.4 is 11.1 Å². The van der Waals surface area contributed by atoms with E-state index in [2.05, 4.69) is 36.3 Å². The summed E-state index contributed by atoms with van der Waals surface area (Å²) in [7, 11) is 6.06. The molecule has 1 aromatic rings. The molecule has 1 atom stereocenters. The average molecular weight is 225 g/mol. The molecular weight excluding hydrogens is 202 g/mol. The number of anilines is 2. The van der Waals surface area contributed by atoms with Gasteiger partial charge in [-0.3, -0.25) is 4.68 Å². The first-order valence-corrected chi connectivity index (χ1v) is 5.62. The zero-order valence-corrected chi connectivity index (χ0v) is 10.9. The Morgan fingerprint density at radius 2 is 2.12 bits per heavy atom. The molecule has 0 aliphatic carbocycles. The van der Waals surface area contributed by atoms with Gasteiger partial charge in [-0.25, -0.2) is 0 Å². The van der Waals surface area contributed by atoms with Gasteiger partial charge in [0.25, 0.3) is 0 Å². The fourth-order valence-electron chi connectivity index (χ4n) is 1.60. The molecule has 5 heteroatoms. The van der Waals surface area contributed by atoms with Crippen molar-refractivity contribution in [2.75, 3.05) is 31.7 Å². The maximum Gasteiger partial charge on any atom is 0.147 e. The number of aromatic nitrogens is 2. The smallest absolute Gasteiger partial charge is 0.147 e. The van der Waals surface area contributed by atoms with Crippen molar-refractivity contribution in [1.29, 1.82) is 0 Å². The van der Waals surface area contributed by atoms with Gasteiger partial charge in [0.1, 0.15) is 5.82 Å². The predicted molar refractivity (Wildman–Crippen MR) is 68.6 cm³/mol. The van der Waals surface area contributed by atoms with Crippen LogP contribution in [0.5, 0.6) is 0 Å². The van der Waals surface area contributed by atoms with Gasteiger partial charge in [0, 0.05) is 13.1 Å². The molecule has 1 heterocycles. The third-order valence-electron chi connectivity index (χ3n) is 2.66. The highest BCUT2D eigenvalue weighted by atomic mass is 15.3. The van der Waals surface area contributed by atoms with Gasteiger partial charge in [-0.05, 0) is 40.9 Å². The minimum absolute atomic E-state index is 0.388. The number of nitrogen functional groups attached to an aromatic ring is 1. The van der Waals surface area contributed by atoms with E-state index in [-0.39, 0.29) is 0 Å². The van der Waals surface area contributed by atoms with Gasteiger partial charge < -0.3 is 16.0 Å². The molecule has 3 N–H and O–H groups in total. The van der Waals surface area contributed by atoms with Crippen LogP contribution in [-0.4, -0.2) is 41.4 Å². The molecule has 0 amide bonds. The van der Waals surface area contributed by atoms with Crippen LogP contribution in [0.1, 0.15) is 19.0 Å². The lowest BCUT2D eigenvalue weighted by molar-refractivity contribution is 0.390. The Balaban J connectivity index is 2.59. The molecule has 0 aliphatic rings. The van der Waals surface area contributed by atoms with Gasteiger partial charge in [0.2, 0.25) is 0 Å². The molecule has 0 saturated carbocycles. The Hall–Kier alpha value is -1.23. The average Bonchev–Trinajstić information content (AvgIpc) is 2.42. The van der Waals surface area contributed by atoms with Crippen LogP contribution >= 0.6 is 0 Å². The number of hydrogen-bond donors (Lipinski definition) is 2. The first kappa shape index (κ1) is 12.8. The summed E-state index contributed by atoms with van der Waals surface area (Å²) in [6.45, 7) is 5.14. The third-order valence-corrected chi connectivity index (χ3v) is 2.66. The van der Waals surface area contributed by atoms with Gasteiger partial charge >= 0.3 is 0 Å². The van der Waals surface area contributed by atoms with Gasteiger partial charge in [-0.15, -0.1) is 0 Å².